The lowest BCUT2D eigenvalue weighted by Crippen LogP contribution is -2.43. The molecule has 0 saturated carbocycles. The number of sulfonamides is 1. The molecule has 0 spiro atoms. The largest absolute Gasteiger partial charge is 0.404 e. The highest BCUT2D eigenvalue weighted by atomic mass is 35.5. The molecule has 16 heteroatoms. The van der Waals surface area contributed by atoms with Crippen molar-refractivity contribution < 1.29 is 36.3 Å². The fraction of sp³-hybridized carbons (Fsp3) is 0.542. The van der Waals surface area contributed by atoms with Crippen molar-refractivity contribution in [3.63, 3.8) is 0 Å². The highest BCUT2D eigenvalue weighted by Crippen LogP contribution is 2.42. The Bertz CT molecular complexity index is 1420. The van der Waals surface area contributed by atoms with Crippen LogP contribution in [0.2, 0.25) is 10.0 Å². The van der Waals surface area contributed by atoms with Gasteiger partial charge in [0.25, 0.3) is 11.8 Å². The van der Waals surface area contributed by atoms with E-state index in [2.05, 4.69) is 10.3 Å². The van der Waals surface area contributed by atoms with E-state index in [1.165, 1.54) is 24.6 Å². The van der Waals surface area contributed by atoms with Gasteiger partial charge in [-0.1, -0.05) is 43.1 Å². The summed E-state index contributed by atoms with van der Waals surface area (Å²) in [4.78, 5) is 31.6. The first-order valence-corrected chi connectivity index (χ1v) is 15.1. The third kappa shape index (κ3) is 7.45. The lowest BCUT2D eigenvalue weighted by Gasteiger charge is -2.20. The second-order valence-corrected chi connectivity index (χ2v) is 14.4. The third-order valence-corrected chi connectivity index (χ3v) is 9.74. The molecular weight excluding hydrogens is 616 g/mol. The van der Waals surface area contributed by atoms with Crippen LogP contribution in [0.5, 0.6) is 0 Å². The quantitative estimate of drug-likeness (QED) is 0.381. The van der Waals surface area contributed by atoms with E-state index in [1.54, 1.807) is 4.90 Å². The average Bonchev–Trinajstić information content (AvgIpc) is 3.40. The molecule has 0 unspecified atom stereocenters. The van der Waals surface area contributed by atoms with Crippen LogP contribution in [-0.4, -0.2) is 72.7 Å². The third-order valence-electron chi connectivity index (χ3n) is 6.07. The highest BCUT2D eigenvalue weighted by molar-refractivity contribution is 7.89. The first kappa shape index (κ1) is 32.5. The molecule has 1 aliphatic heterocycles. The monoisotopic (exact) mass is 644 g/mol. The summed E-state index contributed by atoms with van der Waals surface area (Å²) in [7, 11) is -4.74. The molecule has 2 aromatic rings. The number of nitrogens with one attached hydrogen (secondary N) is 2. The van der Waals surface area contributed by atoms with Crippen molar-refractivity contribution in [3.8, 4) is 10.4 Å². The number of halogens is 5. The van der Waals surface area contributed by atoms with Crippen molar-refractivity contribution in [3.05, 3.63) is 32.9 Å². The summed E-state index contributed by atoms with van der Waals surface area (Å²) in [6.07, 6.45) is -4.10. The van der Waals surface area contributed by atoms with Crippen molar-refractivity contribution in [2.24, 2.45) is 5.41 Å². The lowest BCUT2D eigenvalue weighted by molar-refractivity contribution is -0.147. The summed E-state index contributed by atoms with van der Waals surface area (Å²) >= 11 is 13.5. The Morgan fingerprint density at radius 1 is 1.23 bits per heavy atom. The second-order valence-electron chi connectivity index (χ2n) is 11.0. The number of aliphatic hydroxyl groups is 1. The molecule has 1 aromatic carbocycles. The van der Waals surface area contributed by atoms with Crippen molar-refractivity contribution in [1.29, 1.82) is 0 Å². The highest BCUT2D eigenvalue weighted by Gasteiger charge is 2.40. The minimum absolute atomic E-state index is 0.0651. The van der Waals surface area contributed by atoms with E-state index in [1.807, 2.05) is 13.8 Å². The maximum atomic E-state index is 13.5. The normalized spacial score (nSPS) is 16.7. The first-order valence-electron chi connectivity index (χ1n) is 12.0. The molecule has 40 heavy (non-hydrogen) atoms. The van der Waals surface area contributed by atoms with Gasteiger partial charge in [-0.15, -0.1) is 11.3 Å². The van der Waals surface area contributed by atoms with Crippen LogP contribution >= 0.6 is 34.5 Å². The first-order chi connectivity index (χ1) is 18.1. The Balaban J connectivity index is 2.08. The second kappa shape index (κ2) is 11.4. The number of aromatic nitrogens is 1. The zero-order valence-electron chi connectivity index (χ0n) is 22.2. The number of benzene rings is 1. The molecule has 2 amide bonds. The Labute approximate surface area is 244 Å². The standard InChI is InChI=1S/C24H29Cl2F3N4O5S2/c1-12(24(27,28)29)32-40(37,38)14-7-6-13(15(25)16(14)26)18-17(21(35)33-9-8-22(2,3)11-33)31-20(39-18)19(34)30-10-23(4,5)36/h6-7,12,32,36H,8-11H2,1-5H3,(H,30,34)/t12-/m0/s1. The van der Waals surface area contributed by atoms with Gasteiger partial charge < -0.3 is 15.3 Å². The number of hydrogen-bond donors (Lipinski definition) is 3. The molecule has 3 rings (SSSR count). The number of hydrogen-bond acceptors (Lipinski definition) is 7. The van der Waals surface area contributed by atoms with Gasteiger partial charge in [-0.3, -0.25) is 9.59 Å². The van der Waals surface area contributed by atoms with E-state index >= 15 is 0 Å². The number of carbonyl (C=O) groups is 2. The van der Waals surface area contributed by atoms with Gasteiger partial charge in [0, 0.05) is 25.2 Å². The van der Waals surface area contributed by atoms with Gasteiger partial charge in [0.2, 0.25) is 10.0 Å². The van der Waals surface area contributed by atoms with Crippen LogP contribution in [0.4, 0.5) is 13.2 Å². The SMILES string of the molecule is C[C@H](NS(=O)(=O)c1ccc(-c2sc(C(=O)NCC(C)(C)O)nc2C(=O)N2CCC(C)(C)C2)c(Cl)c1Cl)C(F)(F)F. The van der Waals surface area contributed by atoms with E-state index in [0.29, 0.717) is 20.0 Å². The van der Waals surface area contributed by atoms with Crippen LogP contribution in [0.3, 0.4) is 0 Å². The van der Waals surface area contributed by atoms with Crippen LogP contribution in [-0.2, 0) is 10.0 Å². The Kier molecular flexibility index (Phi) is 9.25. The Morgan fingerprint density at radius 3 is 2.38 bits per heavy atom. The molecule has 1 atom stereocenters. The van der Waals surface area contributed by atoms with Crippen LogP contribution in [0.1, 0.15) is 61.3 Å². The van der Waals surface area contributed by atoms with Gasteiger partial charge in [0.15, 0.2) is 5.01 Å². The topological polar surface area (TPSA) is 129 Å². The van der Waals surface area contributed by atoms with Crippen molar-refractivity contribution in [2.45, 2.75) is 63.8 Å². The number of alkyl halides is 3. The van der Waals surface area contributed by atoms with E-state index < -0.39 is 49.6 Å². The van der Waals surface area contributed by atoms with Crippen LogP contribution in [0, 0.1) is 5.41 Å². The molecule has 222 valence electrons. The van der Waals surface area contributed by atoms with Crippen LogP contribution in [0.25, 0.3) is 10.4 Å². The molecule has 3 N–H and O–H groups in total. The van der Waals surface area contributed by atoms with Gasteiger partial charge in [-0.2, -0.15) is 17.9 Å². The van der Waals surface area contributed by atoms with E-state index in [0.717, 1.165) is 23.8 Å². The minimum atomic E-state index is -4.84. The number of rotatable bonds is 8. The summed E-state index contributed by atoms with van der Waals surface area (Å²) in [5.41, 5.74) is -1.41. The fourth-order valence-corrected chi connectivity index (χ4v) is 6.99. The smallest absolute Gasteiger partial charge is 0.389 e. The molecular formula is C24H29Cl2F3N4O5S2. The van der Waals surface area contributed by atoms with Gasteiger partial charge in [-0.25, -0.2) is 13.4 Å². The number of likely N-dealkylation sites (tertiary alicyclic amines) is 1. The van der Waals surface area contributed by atoms with Crippen molar-refractivity contribution >= 4 is 56.4 Å². The number of thiazole rings is 1. The van der Waals surface area contributed by atoms with Gasteiger partial charge >= 0.3 is 6.18 Å². The molecule has 0 radical (unpaired) electrons. The zero-order valence-corrected chi connectivity index (χ0v) is 25.4. The number of amides is 2. The van der Waals surface area contributed by atoms with E-state index in [9.17, 15) is 36.3 Å². The molecule has 9 nitrogen and oxygen atoms in total. The predicted molar refractivity (Wildman–Crippen MR) is 146 cm³/mol. The summed E-state index contributed by atoms with van der Waals surface area (Å²) in [6.45, 7) is 8.39. The summed E-state index contributed by atoms with van der Waals surface area (Å²) in [5, 5.41) is 11.4. The van der Waals surface area contributed by atoms with Crippen molar-refractivity contribution in [2.75, 3.05) is 19.6 Å². The molecule has 0 aliphatic carbocycles. The molecule has 1 saturated heterocycles. The van der Waals surface area contributed by atoms with Crippen LogP contribution < -0.4 is 10.0 Å². The van der Waals surface area contributed by atoms with Gasteiger partial charge in [0.05, 0.1) is 20.5 Å². The Morgan fingerprint density at radius 2 is 1.85 bits per heavy atom. The van der Waals surface area contributed by atoms with E-state index in [4.69, 9.17) is 23.2 Å². The molecule has 2 heterocycles. The van der Waals surface area contributed by atoms with Gasteiger partial charge in [-0.05, 0) is 38.7 Å². The average molecular weight is 646 g/mol. The molecule has 1 fully saturated rings. The molecule has 1 aromatic heterocycles. The summed E-state index contributed by atoms with van der Waals surface area (Å²) in [6, 6.07) is -0.235. The maximum absolute atomic E-state index is 13.5. The minimum Gasteiger partial charge on any atom is -0.389 e. The van der Waals surface area contributed by atoms with E-state index in [-0.39, 0.29) is 38.1 Å². The zero-order chi connectivity index (χ0) is 30.4. The Hall–Kier alpha value is -1.97. The lowest BCUT2D eigenvalue weighted by atomic mass is 9.93. The van der Waals surface area contributed by atoms with Crippen molar-refractivity contribution in [1.82, 2.24) is 19.9 Å². The summed E-state index contributed by atoms with van der Waals surface area (Å²) in [5.74, 6) is -1.15. The number of nitrogens with zero attached hydrogens (tertiary/aromatic N) is 2. The van der Waals surface area contributed by atoms with Crippen LogP contribution in [0.15, 0.2) is 17.0 Å². The summed E-state index contributed by atoms with van der Waals surface area (Å²) < 4.78 is 65.8. The van der Waals surface area contributed by atoms with Gasteiger partial charge in [0.1, 0.15) is 16.6 Å². The predicted octanol–water partition coefficient (Wildman–Crippen LogP) is 4.72. The number of carbonyl (C=O) groups excluding carboxylic acids is 2. The molecule has 1 aliphatic rings. The fourth-order valence-electron chi connectivity index (χ4n) is 3.83. The maximum Gasteiger partial charge on any atom is 0.404 e. The molecule has 0 bridgehead atoms.